The first-order valence-electron chi connectivity index (χ1n) is 7.13. The smallest absolute Gasteiger partial charge is 0.319 e. The van der Waals surface area contributed by atoms with Gasteiger partial charge in [-0.25, -0.2) is 9.18 Å². The Bertz CT molecular complexity index is 677. The summed E-state index contributed by atoms with van der Waals surface area (Å²) in [6.07, 6.45) is 0. The summed E-state index contributed by atoms with van der Waals surface area (Å²) >= 11 is 0. The van der Waals surface area contributed by atoms with Crippen molar-refractivity contribution in [1.82, 2.24) is 10.2 Å². The van der Waals surface area contributed by atoms with Gasteiger partial charge in [0.2, 0.25) is 5.91 Å². The summed E-state index contributed by atoms with van der Waals surface area (Å²) in [6.45, 7) is 0.142. The van der Waals surface area contributed by atoms with Crippen LogP contribution in [-0.4, -0.2) is 30.4 Å². The molecule has 2 N–H and O–H groups in total. The van der Waals surface area contributed by atoms with Gasteiger partial charge >= 0.3 is 6.03 Å². The Kier molecular flexibility index (Phi) is 5.68. The zero-order valence-corrected chi connectivity index (χ0v) is 12.8. The molecule has 0 saturated heterocycles. The van der Waals surface area contributed by atoms with Gasteiger partial charge in [-0.2, -0.15) is 0 Å². The minimum Gasteiger partial charge on any atom is -0.340 e. The zero-order chi connectivity index (χ0) is 16.7. The van der Waals surface area contributed by atoms with Gasteiger partial charge in [-0.3, -0.25) is 4.79 Å². The number of carbonyl (C=O) groups is 2. The lowest BCUT2D eigenvalue weighted by Gasteiger charge is -2.17. The maximum atomic E-state index is 13.1. The maximum absolute atomic E-state index is 13.1. The summed E-state index contributed by atoms with van der Waals surface area (Å²) in [5.41, 5.74) is 1.33. The van der Waals surface area contributed by atoms with E-state index in [4.69, 9.17) is 0 Å². The molecule has 0 aliphatic rings. The SMILES string of the molecule is CN(Cc1cccc(F)c1)C(=O)CNC(=O)Nc1ccccc1. The number of para-hydroxylation sites is 1. The van der Waals surface area contributed by atoms with Crippen molar-refractivity contribution in [3.05, 3.63) is 66.0 Å². The second-order valence-electron chi connectivity index (χ2n) is 5.05. The first kappa shape index (κ1) is 16.5. The molecule has 0 radical (unpaired) electrons. The number of amides is 3. The molecule has 0 aromatic heterocycles. The van der Waals surface area contributed by atoms with Crippen LogP contribution in [-0.2, 0) is 11.3 Å². The van der Waals surface area contributed by atoms with Gasteiger partial charge < -0.3 is 15.5 Å². The van der Waals surface area contributed by atoms with E-state index >= 15 is 0 Å². The summed E-state index contributed by atoms with van der Waals surface area (Å²) < 4.78 is 13.1. The maximum Gasteiger partial charge on any atom is 0.319 e. The number of benzene rings is 2. The number of urea groups is 1. The highest BCUT2D eigenvalue weighted by molar-refractivity contribution is 5.92. The summed E-state index contributed by atoms with van der Waals surface area (Å²) in [4.78, 5) is 25.1. The Balaban J connectivity index is 1.78. The predicted molar refractivity (Wildman–Crippen MR) is 86.3 cm³/mol. The molecule has 23 heavy (non-hydrogen) atoms. The fourth-order valence-electron chi connectivity index (χ4n) is 1.98. The van der Waals surface area contributed by atoms with Crippen molar-refractivity contribution >= 4 is 17.6 Å². The number of carbonyl (C=O) groups excluding carboxylic acids is 2. The van der Waals surface area contributed by atoms with Crippen molar-refractivity contribution in [2.45, 2.75) is 6.54 Å². The van der Waals surface area contributed by atoms with E-state index in [1.165, 1.54) is 17.0 Å². The fraction of sp³-hybridized carbons (Fsp3) is 0.176. The molecule has 0 aliphatic carbocycles. The summed E-state index contributed by atoms with van der Waals surface area (Å²) in [5, 5.41) is 5.12. The highest BCUT2D eigenvalue weighted by atomic mass is 19.1. The summed E-state index contributed by atoms with van der Waals surface area (Å²) in [5.74, 6) is -0.610. The van der Waals surface area contributed by atoms with Gasteiger partial charge in [-0.1, -0.05) is 30.3 Å². The Morgan fingerprint density at radius 3 is 2.52 bits per heavy atom. The number of anilines is 1. The monoisotopic (exact) mass is 315 g/mol. The summed E-state index contributed by atoms with van der Waals surface area (Å²) in [6, 6.07) is 14.5. The molecule has 2 aromatic carbocycles. The second kappa shape index (κ2) is 7.93. The van der Waals surface area contributed by atoms with E-state index in [-0.39, 0.29) is 24.8 Å². The number of likely N-dealkylation sites (N-methyl/N-ethyl adjacent to an activating group) is 1. The Labute approximate surface area is 134 Å². The van der Waals surface area contributed by atoms with E-state index in [0.717, 1.165) is 0 Å². The van der Waals surface area contributed by atoms with Crippen LogP contribution in [0.1, 0.15) is 5.56 Å². The largest absolute Gasteiger partial charge is 0.340 e. The molecule has 0 unspecified atom stereocenters. The molecule has 0 fully saturated rings. The van der Waals surface area contributed by atoms with Crippen molar-refractivity contribution < 1.29 is 14.0 Å². The zero-order valence-electron chi connectivity index (χ0n) is 12.8. The minimum atomic E-state index is -0.455. The highest BCUT2D eigenvalue weighted by Gasteiger charge is 2.11. The van der Waals surface area contributed by atoms with Gasteiger partial charge in [0.1, 0.15) is 5.82 Å². The minimum absolute atomic E-state index is 0.134. The van der Waals surface area contributed by atoms with Crippen LogP contribution >= 0.6 is 0 Å². The summed E-state index contributed by atoms with van der Waals surface area (Å²) in [7, 11) is 1.60. The van der Waals surface area contributed by atoms with Gasteiger partial charge in [0.15, 0.2) is 0 Å². The van der Waals surface area contributed by atoms with Crippen molar-refractivity contribution in [3.63, 3.8) is 0 Å². The Morgan fingerprint density at radius 2 is 1.83 bits per heavy atom. The van der Waals surface area contributed by atoms with E-state index in [2.05, 4.69) is 10.6 Å². The third-order valence-corrected chi connectivity index (χ3v) is 3.17. The van der Waals surface area contributed by atoms with Crippen LogP contribution in [0.2, 0.25) is 0 Å². The number of halogens is 1. The van der Waals surface area contributed by atoms with Crippen molar-refractivity contribution in [2.75, 3.05) is 18.9 Å². The van der Waals surface area contributed by atoms with E-state index < -0.39 is 6.03 Å². The van der Waals surface area contributed by atoms with E-state index in [1.807, 2.05) is 6.07 Å². The molecule has 0 saturated carbocycles. The van der Waals surface area contributed by atoms with Crippen molar-refractivity contribution in [2.24, 2.45) is 0 Å². The number of nitrogens with one attached hydrogen (secondary N) is 2. The fourth-order valence-corrected chi connectivity index (χ4v) is 1.98. The number of nitrogens with zero attached hydrogens (tertiary/aromatic N) is 1. The quantitative estimate of drug-likeness (QED) is 0.891. The van der Waals surface area contributed by atoms with E-state index in [9.17, 15) is 14.0 Å². The van der Waals surface area contributed by atoms with Crippen LogP contribution in [0, 0.1) is 5.82 Å². The normalized spacial score (nSPS) is 10.0. The molecule has 0 aliphatic heterocycles. The van der Waals surface area contributed by atoms with Crippen molar-refractivity contribution in [1.29, 1.82) is 0 Å². The topological polar surface area (TPSA) is 61.4 Å². The lowest BCUT2D eigenvalue weighted by molar-refractivity contribution is -0.129. The van der Waals surface area contributed by atoms with Gasteiger partial charge in [0.25, 0.3) is 0 Å². The number of hydrogen-bond acceptors (Lipinski definition) is 2. The standard InChI is InChI=1S/C17H18FN3O2/c1-21(12-13-6-5-7-14(18)10-13)16(22)11-19-17(23)20-15-8-3-2-4-9-15/h2-10H,11-12H2,1H3,(H2,19,20,23). The molecule has 0 heterocycles. The van der Waals surface area contributed by atoms with Crippen LogP contribution < -0.4 is 10.6 Å². The Morgan fingerprint density at radius 1 is 1.09 bits per heavy atom. The Hall–Kier alpha value is -2.89. The molecule has 0 bridgehead atoms. The molecule has 5 nitrogen and oxygen atoms in total. The third kappa shape index (κ3) is 5.43. The van der Waals surface area contributed by atoms with E-state index in [1.54, 1.807) is 43.4 Å². The van der Waals surface area contributed by atoms with Crippen LogP contribution in [0.25, 0.3) is 0 Å². The molecule has 0 atom stereocenters. The van der Waals surface area contributed by atoms with Gasteiger partial charge in [0, 0.05) is 19.3 Å². The molecule has 120 valence electrons. The lowest BCUT2D eigenvalue weighted by atomic mass is 10.2. The van der Waals surface area contributed by atoms with Crippen LogP contribution in [0.15, 0.2) is 54.6 Å². The molecular formula is C17H18FN3O2. The predicted octanol–water partition coefficient (Wildman–Crippen LogP) is 2.61. The first-order valence-corrected chi connectivity index (χ1v) is 7.13. The molecule has 0 spiro atoms. The molecule has 3 amide bonds. The second-order valence-corrected chi connectivity index (χ2v) is 5.05. The van der Waals surface area contributed by atoms with Crippen LogP contribution in [0.3, 0.4) is 0 Å². The average molecular weight is 315 g/mol. The highest BCUT2D eigenvalue weighted by Crippen LogP contribution is 2.06. The van der Waals surface area contributed by atoms with Gasteiger partial charge in [-0.15, -0.1) is 0 Å². The third-order valence-electron chi connectivity index (χ3n) is 3.17. The van der Waals surface area contributed by atoms with Crippen LogP contribution in [0.5, 0.6) is 0 Å². The number of hydrogen-bond donors (Lipinski definition) is 2. The van der Waals surface area contributed by atoms with Crippen molar-refractivity contribution in [3.8, 4) is 0 Å². The van der Waals surface area contributed by atoms with Crippen LogP contribution in [0.4, 0.5) is 14.9 Å². The molecule has 2 rings (SSSR count). The number of rotatable bonds is 5. The first-order chi connectivity index (χ1) is 11.0. The lowest BCUT2D eigenvalue weighted by Crippen LogP contribution is -2.39. The molecular weight excluding hydrogens is 297 g/mol. The molecule has 6 heteroatoms. The average Bonchev–Trinajstić information content (AvgIpc) is 2.53. The molecule has 2 aromatic rings. The van der Waals surface area contributed by atoms with Gasteiger partial charge in [0.05, 0.1) is 6.54 Å². The van der Waals surface area contributed by atoms with Gasteiger partial charge in [-0.05, 0) is 29.8 Å². The van der Waals surface area contributed by atoms with E-state index in [0.29, 0.717) is 11.3 Å².